The summed E-state index contributed by atoms with van der Waals surface area (Å²) in [6.45, 7) is 1.73. The minimum Gasteiger partial charge on any atom is -0.381 e. The Morgan fingerprint density at radius 1 is 1.15 bits per heavy atom. The first-order valence-electron chi connectivity index (χ1n) is 10.9. The number of halogens is 1. The average molecular weight is 483 g/mol. The largest absolute Gasteiger partial charge is 0.381 e. The molecule has 2 aliphatic rings. The van der Waals surface area contributed by atoms with E-state index in [-0.39, 0.29) is 11.5 Å². The summed E-state index contributed by atoms with van der Waals surface area (Å²) in [6, 6.07) is 5.99. The number of nitrogens with two attached hydrogens (primary N) is 2. The van der Waals surface area contributed by atoms with Crippen molar-refractivity contribution in [3.8, 4) is 0 Å². The first-order chi connectivity index (χ1) is 15.9. The van der Waals surface area contributed by atoms with Crippen molar-refractivity contribution in [2.24, 2.45) is 11.1 Å². The lowest BCUT2D eigenvalue weighted by atomic mass is 9.73. The number of anilines is 3. The standard InChI is InChI=1S/C23H27ClN8S/c1-31(2)21-18(24)16(5-9-28-21)33-22-20(26)30-17(13-29-22)32-10-6-23(7-11-32)12-15-14(19(23)25)4-3-8-27-15/h3-5,8-9,13,19H,6-7,10-12,25H2,1-2H3,(H2,26,30)/t19-/m1/s1. The molecule has 0 radical (unpaired) electrons. The molecule has 33 heavy (non-hydrogen) atoms. The van der Waals surface area contributed by atoms with Gasteiger partial charge in [0.15, 0.2) is 5.82 Å². The zero-order valence-electron chi connectivity index (χ0n) is 18.7. The Bertz CT molecular complexity index is 1180. The second-order valence-corrected chi connectivity index (χ2v) is 10.3. The Morgan fingerprint density at radius 3 is 2.64 bits per heavy atom. The van der Waals surface area contributed by atoms with Crippen molar-refractivity contribution in [3.63, 3.8) is 0 Å². The molecule has 1 saturated heterocycles. The Kier molecular flexibility index (Phi) is 5.80. The number of piperidine rings is 1. The molecule has 0 aromatic carbocycles. The summed E-state index contributed by atoms with van der Waals surface area (Å²) in [5, 5.41) is 1.20. The monoisotopic (exact) mass is 482 g/mol. The predicted octanol–water partition coefficient (Wildman–Crippen LogP) is 3.56. The van der Waals surface area contributed by atoms with Crippen LogP contribution in [-0.2, 0) is 6.42 Å². The minimum atomic E-state index is 0.0375. The highest BCUT2D eigenvalue weighted by Crippen LogP contribution is 2.50. The van der Waals surface area contributed by atoms with E-state index in [1.807, 2.05) is 37.3 Å². The quantitative estimate of drug-likeness (QED) is 0.576. The summed E-state index contributed by atoms with van der Waals surface area (Å²) in [5.74, 6) is 1.89. The Labute approximate surface area is 202 Å². The van der Waals surface area contributed by atoms with Crippen molar-refractivity contribution in [1.82, 2.24) is 19.9 Å². The molecule has 1 atom stereocenters. The molecule has 0 unspecified atom stereocenters. The third-order valence-corrected chi connectivity index (χ3v) is 8.29. The topological polar surface area (TPSA) is 110 Å². The second-order valence-electron chi connectivity index (χ2n) is 8.90. The van der Waals surface area contributed by atoms with Gasteiger partial charge in [0.1, 0.15) is 16.7 Å². The molecule has 3 aromatic heterocycles. The van der Waals surface area contributed by atoms with E-state index in [1.54, 1.807) is 12.4 Å². The molecule has 8 nitrogen and oxygen atoms in total. The van der Waals surface area contributed by atoms with Gasteiger partial charge in [0.2, 0.25) is 0 Å². The number of nitrogen functional groups attached to an aromatic ring is 1. The van der Waals surface area contributed by atoms with Crippen LogP contribution in [0.3, 0.4) is 0 Å². The maximum Gasteiger partial charge on any atom is 0.158 e. The van der Waals surface area contributed by atoms with E-state index in [1.165, 1.54) is 17.3 Å². The highest BCUT2D eigenvalue weighted by Gasteiger charge is 2.46. The van der Waals surface area contributed by atoms with Crippen LogP contribution in [0.15, 0.2) is 46.7 Å². The molecule has 4 N–H and O–H groups in total. The summed E-state index contributed by atoms with van der Waals surface area (Å²) in [4.78, 5) is 23.1. The van der Waals surface area contributed by atoms with Crippen LogP contribution in [0.5, 0.6) is 0 Å². The molecule has 1 fully saturated rings. The molecule has 5 rings (SSSR count). The number of hydrogen-bond donors (Lipinski definition) is 2. The number of pyridine rings is 2. The fourth-order valence-electron chi connectivity index (χ4n) is 4.85. The number of fused-ring (bicyclic) bond motifs is 1. The summed E-state index contributed by atoms with van der Waals surface area (Å²) >= 11 is 7.92. The lowest BCUT2D eigenvalue weighted by Gasteiger charge is -2.42. The van der Waals surface area contributed by atoms with E-state index in [4.69, 9.17) is 23.1 Å². The van der Waals surface area contributed by atoms with E-state index in [2.05, 4.69) is 30.9 Å². The number of aromatic nitrogens is 4. The van der Waals surface area contributed by atoms with Crippen LogP contribution in [-0.4, -0.2) is 47.1 Å². The van der Waals surface area contributed by atoms with Crippen molar-refractivity contribution in [2.45, 2.75) is 35.2 Å². The van der Waals surface area contributed by atoms with Crippen LogP contribution in [0.25, 0.3) is 0 Å². The van der Waals surface area contributed by atoms with Gasteiger partial charge in [0.25, 0.3) is 0 Å². The van der Waals surface area contributed by atoms with Crippen molar-refractivity contribution in [2.75, 3.05) is 42.7 Å². The summed E-state index contributed by atoms with van der Waals surface area (Å²) in [5.41, 5.74) is 15.4. The average Bonchev–Trinajstić information content (AvgIpc) is 3.08. The Balaban J connectivity index is 1.29. The molecule has 10 heteroatoms. The van der Waals surface area contributed by atoms with E-state index in [0.717, 1.165) is 48.8 Å². The zero-order valence-corrected chi connectivity index (χ0v) is 20.3. The normalized spacial score (nSPS) is 19.0. The molecular weight excluding hydrogens is 456 g/mol. The smallest absolute Gasteiger partial charge is 0.158 e. The van der Waals surface area contributed by atoms with Crippen molar-refractivity contribution in [1.29, 1.82) is 0 Å². The van der Waals surface area contributed by atoms with Crippen LogP contribution in [0.1, 0.15) is 30.1 Å². The molecule has 0 bridgehead atoms. The van der Waals surface area contributed by atoms with Crippen molar-refractivity contribution < 1.29 is 0 Å². The summed E-state index contributed by atoms with van der Waals surface area (Å²) < 4.78 is 0. The van der Waals surface area contributed by atoms with Gasteiger partial charge < -0.3 is 21.3 Å². The van der Waals surface area contributed by atoms with Crippen molar-refractivity contribution >= 4 is 40.8 Å². The second kappa shape index (κ2) is 8.62. The van der Waals surface area contributed by atoms with Gasteiger partial charge in [0, 0.05) is 56.2 Å². The van der Waals surface area contributed by atoms with E-state index in [9.17, 15) is 0 Å². The Morgan fingerprint density at radius 2 is 1.94 bits per heavy atom. The third-order valence-electron chi connectivity index (χ3n) is 6.74. The number of hydrogen-bond acceptors (Lipinski definition) is 9. The van der Waals surface area contributed by atoms with E-state index < -0.39 is 0 Å². The maximum absolute atomic E-state index is 6.67. The number of rotatable bonds is 4. The first kappa shape index (κ1) is 22.2. The Hall–Kier alpha value is -2.62. The lowest BCUT2D eigenvalue weighted by molar-refractivity contribution is 0.186. The fraction of sp³-hybridized carbons (Fsp3) is 0.391. The number of nitrogens with zero attached hydrogens (tertiary/aromatic N) is 6. The molecule has 4 heterocycles. The van der Waals surface area contributed by atoms with Gasteiger partial charge in [-0.1, -0.05) is 29.4 Å². The molecule has 0 saturated carbocycles. The molecule has 1 aliphatic carbocycles. The fourth-order valence-corrected chi connectivity index (χ4v) is 6.02. The van der Waals surface area contributed by atoms with Gasteiger partial charge in [-0.2, -0.15) is 0 Å². The summed E-state index contributed by atoms with van der Waals surface area (Å²) in [6.07, 6.45) is 8.31. The predicted molar refractivity (Wildman–Crippen MR) is 133 cm³/mol. The highest BCUT2D eigenvalue weighted by atomic mass is 35.5. The molecular formula is C23H27ClN8S. The van der Waals surface area contributed by atoms with Gasteiger partial charge in [0.05, 0.1) is 11.2 Å². The van der Waals surface area contributed by atoms with Crippen LogP contribution in [0.4, 0.5) is 17.5 Å². The lowest BCUT2D eigenvalue weighted by Crippen LogP contribution is -2.44. The van der Waals surface area contributed by atoms with Gasteiger partial charge in [-0.3, -0.25) is 4.98 Å². The highest BCUT2D eigenvalue weighted by molar-refractivity contribution is 7.99. The molecule has 1 aliphatic heterocycles. The van der Waals surface area contributed by atoms with Crippen LogP contribution in [0.2, 0.25) is 5.02 Å². The van der Waals surface area contributed by atoms with Gasteiger partial charge in [-0.25, -0.2) is 15.0 Å². The molecule has 172 valence electrons. The van der Waals surface area contributed by atoms with Crippen LogP contribution >= 0.6 is 23.4 Å². The maximum atomic E-state index is 6.67. The molecule has 0 amide bonds. The van der Waals surface area contributed by atoms with E-state index >= 15 is 0 Å². The summed E-state index contributed by atoms with van der Waals surface area (Å²) in [7, 11) is 3.81. The minimum absolute atomic E-state index is 0.0375. The third kappa shape index (κ3) is 3.98. The first-order valence-corrected chi connectivity index (χ1v) is 12.1. The van der Waals surface area contributed by atoms with Crippen LogP contribution in [0, 0.1) is 5.41 Å². The van der Waals surface area contributed by atoms with E-state index in [0.29, 0.717) is 21.7 Å². The SMILES string of the molecule is CN(C)c1nccc(Sc2ncc(N3CCC4(CC3)Cc3ncccc3[C@H]4N)nc2N)c1Cl. The van der Waals surface area contributed by atoms with Crippen molar-refractivity contribution in [3.05, 3.63) is 53.1 Å². The molecule has 1 spiro atoms. The van der Waals surface area contributed by atoms with Gasteiger partial charge in [-0.05, 0) is 42.4 Å². The van der Waals surface area contributed by atoms with Crippen LogP contribution < -0.4 is 21.3 Å². The molecule has 3 aromatic rings. The van der Waals surface area contributed by atoms with Gasteiger partial charge >= 0.3 is 0 Å². The van der Waals surface area contributed by atoms with Gasteiger partial charge in [-0.15, -0.1) is 0 Å². The zero-order chi connectivity index (χ0) is 23.2.